The topological polar surface area (TPSA) is 46.2 Å². The van der Waals surface area contributed by atoms with Crippen LogP contribution in [0.25, 0.3) is 0 Å². The Bertz CT molecular complexity index is 247. The van der Waals surface area contributed by atoms with Crippen molar-refractivity contribution in [1.82, 2.24) is 5.32 Å². The number of hydrogen-bond donors (Lipinski definition) is 1. The summed E-state index contributed by atoms with van der Waals surface area (Å²) >= 11 is 5.52. The van der Waals surface area contributed by atoms with Crippen molar-refractivity contribution >= 4 is 23.3 Å². The van der Waals surface area contributed by atoms with E-state index in [1.165, 1.54) is 6.92 Å². The Morgan fingerprint density at radius 1 is 1.21 bits per heavy atom. The number of carbonyl (C=O) groups excluding carboxylic acids is 2. The average molecular weight is 220 g/mol. The first-order chi connectivity index (χ1) is 6.15. The van der Waals surface area contributed by atoms with Crippen molar-refractivity contribution in [2.75, 3.05) is 5.88 Å². The normalized spacial score (nSPS) is 12.4. The maximum absolute atomic E-state index is 11.6. The molecule has 0 unspecified atom stereocenters. The summed E-state index contributed by atoms with van der Waals surface area (Å²) in [6, 6.07) is 0. The van der Waals surface area contributed by atoms with Gasteiger partial charge in [-0.25, -0.2) is 0 Å². The zero-order valence-corrected chi connectivity index (χ0v) is 10.2. The van der Waals surface area contributed by atoms with Gasteiger partial charge in [-0.05, 0) is 13.8 Å². The van der Waals surface area contributed by atoms with Crippen molar-refractivity contribution < 1.29 is 9.59 Å². The van der Waals surface area contributed by atoms with Crippen LogP contribution in [0.4, 0.5) is 0 Å². The van der Waals surface area contributed by atoms with Crippen molar-refractivity contribution in [1.29, 1.82) is 0 Å². The van der Waals surface area contributed by atoms with Gasteiger partial charge in [0.05, 0.1) is 5.88 Å². The molecule has 0 bridgehead atoms. The van der Waals surface area contributed by atoms with E-state index in [4.69, 9.17) is 11.6 Å². The predicted molar refractivity (Wildman–Crippen MR) is 57.4 cm³/mol. The van der Waals surface area contributed by atoms with Gasteiger partial charge < -0.3 is 5.32 Å². The molecule has 0 saturated heterocycles. The highest BCUT2D eigenvalue weighted by molar-refractivity contribution is 6.28. The molecule has 0 rings (SSSR count). The van der Waals surface area contributed by atoms with Crippen LogP contribution >= 0.6 is 11.6 Å². The van der Waals surface area contributed by atoms with E-state index in [1.54, 1.807) is 13.8 Å². The molecule has 0 fully saturated rings. The molecular formula is C10H18ClNO2. The second kappa shape index (κ2) is 4.30. The van der Waals surface area contributed by atoms with Crippen molar-refractivity contribution in [3.8, 4) is 0 Å². The lowest BCUT2D eigenvalue weighted by molar-refractivity contribution is -0.130. The largest absolute Gasteiger partial charge is 0.350 e. The number of halogens is 1. The summed E-state index contributed by atoms with van der Waals surface area (Å²) in [4.78, 5) is 22.5. The lowest BCUT2D eigenvalue weighted by atomic mass is 9.72. The number of Topliss-reactive ketones (excluding diaryl/α,β-unsaturated/α-hetero) is 1. The molecule has 3 nitrogen and oxygen atoms in total. The van der Waals surface area contributed by atoms with E-state index in [9.17, 15) is 9.59 Å². The first kappa shape index (κ1) is 13.4. The van der Waals surface area contributed by atoms with Crippen LogP contribution in [0.3, 0.4) is 0 Å². The van der Waals surface area contributed by atoms with Crippen LogP contribution in [-0.4, -0.2) is 23.1 Å². The standard InChI is InChI=1S/C10H18ClNO2/c1-7(13)12-10(4,5)9(2,3)8(14)6-11/h6H2,1-5H3,(H,12,13). The molecule has 82 valence electrons. The summed E-state index contributed by atoms with van der Waals surface area (Å²) in [6.07, 6.45) is 0. The second-order valence-electron chi connectivity index (χ2n) is 4.49. The predicted octanol–water partition coefficient (Wildman–Crippen LogP) is 1.74. The summed E-state index contributed by atoms with van der Waals surface area (Å²) in [5.74, 6) is -0.251. The van der Waals surface area contributed by atoms with Gasteiger partial charge in [-0.15, -0.1) is 11.6 Å². The SMILES string of the molecule is CC(=O)NC(C)(C)C(C)(C)C(=O)CCl. The van der Waals surface area contributed by atoms with Crippen LogP contribution < -0.4 is 5.32 Å². The smallest absolute Gasteiger partial charge is 0.217 e. The van der Waals surface area contributed by atoms with E-state index in [0.29, 0.717) is 0 Å². The zero-order chi connectivity index (χ0) is 11.6. The number of ketones is 1. The van der Waals surface area contributed by atoms with E-state index in [2.05, 4.69) is 5.32 Å². The zero-order valence-electron chi connectivity index (χ0n) is 9.40. The highest BCUT2D eigenvalue weighted by Gasteiger charge is 2.42. The minimum Gasteiger partial charge on any atom is -0.350 e. The third kappa shape index (κ3) is 2.71. The van der Waals surface area contributed by atoms with Crippen LogP contribution in [-0.2, 0) is 9.59 Å². The van der Waals surface area contributed by atoms with Crippen LogP contribution in [0, 0.1) is 5.41 Å². The number of rotatable bonds is 4. The summed E-state index contributed by atoms with van der Waals surface area (Å²) in [7, 11) is 0. The third-order valence-corrected chi connectivity index (χ3v) is 3.11. The molecule has 0 atom stereocenters. The minimum atomic E-state index is -0.666. The van der Waals surface area contributed by atoms with Crippen LogP contribution in [0.5, 0.6) is 0 Å². The summed E-state index contributed by atoms with van der Waals surface area (Å²) in [5.41, 5.74) is -1.26. The van der Waals surface area contributed by atoms with E-state index in [-0.39, 0.29) is 17.6 Å². The van der Waals surface area contributed by atoms with Gasteiger partial charge in [-0.3, -0.25) is 9.59 Å². The highest BCUT2D eigenvalue weighted by atomic mass is 35.5. The molecule has 0 radical (unpaired) electrons. The third-order valence-electron chi connectivity index (χ3n) is 2.87. The summed E-state index contributed by atoms with van der Waals surface area (Å²) in [6.45, 7) is 8.64. The Labute approximate surface area is 90.2 Å². The molecule has 14 heavy (non-hydrogen) atoms. The van der Waals surface area contributed by atoms with Crippen LogP contribution in [0.1, 0.15) is 34.6 Å². The van der Waals surface area contributed by atoms with Gasteiger partial charge in [-0.1, -0.05) is 13.8 Å². The highest BCUT2D eigenvalue weighted by Crippen LogP contribution is 2.31. The maximum Gasteiger partial charge on any atom is 0.217 e. The molecule has 0 heterocycles. The van der Waals surface area contributed by atoms with E-state index in [0.717, 1.165) is 0 Å². The molecule has 4 heteroatoms. The van der Waals surface area contributed by atoms with Crippen molar-refractivity contribution in [2.45, 2.75) is 40.2 Å². The Morgan fingerprint density at radius 2 is 1.64 bits per heavy atom. The first-order valence-electron chi connectivity index (χ1n) is 4.53. The van der Waals surface area contributed by atoms with Crippen LogP contribution in [0.15, 0.2) is 0 Å². The molecule has 0 aromatic rings. The fraction of sp³-hybridized carbons (Fsp3) is 0.800. The second-order valence-corrected chi connectivity index (χ2v) is 4.76. The molecule has 0 saturated carbocycles. The monoisotopic (exact) mass is 219 g/mol. The van der Waals surface area contributed by atoms with Gasteiger partial charge in [0.25, 0.3) is 0 Å². The summed E-state index contributed by atoms with van der Waals surface area (Å²) in [5, 5.41) is 2.76. The summed E-state index contributed by atoms with van der Waals surface area (Å²) < 4.78 is 0. The molecule has 0 aliphatic rings. The maximum atomic E-state index is 11.6. The molecule has 0 aliphatic carbocycles. The molecule has 0 aromatic heterocycles. The lowest BCUT2D eigenvalue weighted by Crippen LogP contribution is -2.56. The van der Waals surface area contributed by atoms with Crippen molar-refractivity contribution in [2.24, 2.45) is 5.41 Å². The van der Waals surface area contributed by atoms with E-state index < -0.39 is 11.0 Å². The Hall–Kier alpha value is -0.570. The Kier molecular flexibility index (Phi) is 4.13. The van der Waals surface area contributed by atoms with Gasteiger partial charge in [0.2, 0.25) is 5.91 Å². The molecule has 0 aromatic carbocycles. The fourth-order valence-electron chi connectivity index (χ4n) is 1.11. The number of nitrogens with one attached hydrogen (secondary N) is 1. The van der Waals surface area contributed by atoms with E-state index in [1.807, 2.05) is 13.8 Å². The van der Waals surface area contributed by atoms with Gasteiger partial charge in [-0.2, -0.15) is 0 Å². The number of carbonyl (C=O) groups is 2. The lowest BCUT2D eigenvalue weighted by Gasteiger charge is -2.40. The Balaban J connectivity index is 4.86. The average Bonchev–Trinajstić information content (AvgIpc) is 2.00. The Morgan fingerprint density at radius 3 is 1.93 bits per heavy atom. The number of amides is 1. The van der Waals surface area contributed by atoms with Gasteiger partial charge in [0, 0.05) is 17.9 Å². The van der Waals surface area contributed by atoms with Crippen molar-refractivity contribution in [3.05, 3.63) is 0 Å². The van der Waals surface area contributed by atoms with Gasteiger partial charge in [0.15, 0.2) is 5.78 Å². The van der Waals surface area contributed by atoms with Crippen molar-refractivity contribution in [3.63, 3.8) is 0 Å². The minimum absolute atomic E-state index is 0.0317. The number of hydrogen-bond acceptors (Lipinski definition) is 2. The molecule has 1 amide bonds. The van der Waals surface area contributed by atoms with Crippen LogP contribution in [0.2, 0.25) is 0 Å². The molecular weight excluding hydrogens is 202 g/mol. The van der Waals surface area contributed by atoms with Gasteiger partial charge in [0.1, 0.15) is 0 Å². The van der Waals surface area contributed by atoms with Gasteiger partial charge >= 0.3 is 0 Å². The molecule has 0 aliphatic heterocycles. The first-order valence-corrected chi connectivity index (χ1v) is 5.06. The molecule has 1 N–H and O–H groups in total. The fourth-order valence-corrected chi connectivity index (χ4v) is 1.45. The van der Waals surface area contributed by atoms with E-state index >= 15 is 0 Å². The quantitative estimate of drug-likeness (QED) is 0.733. The number of alkyl halides is 1. The molecule has 0 spiro atoms.